The number of benzene rings is 2. The minimum atomic E-state index is -0.192. The lowest BCUT2D eigenvalue weighted by molar-refractivity contribution is -0.131. The molecule has 0 aliphatic carbocycles. The van der Waals surface area contributed by atoms with Crippen LogP contribution in [0.15, 0.2) is 65.0 Å². The predicted octanol–water partition coefficient (Wildman–Crippen LogP) is 3.93. The molecule has 7 nitrogen and oxygen atoms in total. The van der Waals surface area contributed by atoms with Gasteiger partial charge in [0.05, 0.1) is 24.9 Å². The fraction of sp³-hybridized carbons (Fsp3) is 0.296. The lowest BCUT2D eigenvalue weighted by atomic mass is 10.1. The number of nitrogens with zero attached hydrogens (tertiary/aromatic N) is 4. The highest BCUT2D eigenvalue weighted by Crippen LogP contribution is 2.30. The molecule has 0 saturated carbocycles. The SMILES string of the molecule is Cc1ccc(-c2csc3ncn(CC(=O)N(C)Cc4ccccc4N4CCOCC4)c(=O)c23)cc1. The van der Waals surface area contributed by atoms with E-state index in [-0.39, 0.29) is 18.0 Å². The number of carbonyl (C=O) groups is 1. The molecule has 1 fully saturated rings. The Labute approximate surface area is 208 Å². The summed E-state index contributed by atoms with van der Waals surface area (Å²) in [6.45, 7) is 5.51. The molecule has 0 atom stereocenters. The van der Waals surface area contributed by atoms with Crippen molar-refractivity contribution in [3.8, 4) is 11.1 Å². The standard InChI is InChI=1S/C27H28N4O3S/c1-19-7-9-20(10-8-19)22-17-35-26-25(22)27(33)31(18-28-26)16-24(32)29(2)15-21-5-3-4-6-23(21)30-11-13-34-14-12-30/h3-10,17-18H,11-16H2,1-2H3. The number of para-hydroxylation sites is 1. The molecule has 2 aromatic heterocycles. The molecule has 0 N–H and O–H groups in total. The van der Waals surface area contributed by atoms with Crippen LogP contribution < -0.4 is 10.5 Å². The number of anilines is 1. The number of ether oxygens (including phenoxy) is 1. The molecule has 5 rings (SSSR count). The molecule has 0 spiro atoms. The molecule has 1 amide bonds. The fourth-order valence-electron chi connectivity index (χ4n) is 4.39. The molecule has 1 aliphatic rings. The van der Waals surface area contributed by atoms with Crippen LogP contribution in [0.25, 0.3) is 21.3 Å². The summed E-state index contributed by atoms with van der Waals surface area (Å²) in [5.41, 5.74) is 5.00. The maximum atomic E-state index is 13.4. The van der Waals surface area contributed by atoms with Gasteiger partial charge >= 0.3 is 0 Å². The number of carbonyl (C=O) groups excluding carboxylic acids is 1. The summed E-state index contributed by atoms with van der Waals surface area (Å²) < 4.78 is 6.90. The fourth-order valence-corrected chi connectivity index (χ4v) is 5.30. The van der Waals surface area contributed by atoms with Gasteiger partial charge in [0, 0.05) is 43.3 Å². The summed E-state index contributed by atoms with van der Waals surface area (Å²) >= 11 is 1.44. The molecule has 0 unspecified atom stereocenters. The average molecular weight is 489 g/mol. The molecule has 0 bridgehead atoms. The molecule has 3 heterocycles. The number of aromatic nitrogens is 2. The van der Waals surface area contributed by atoms with Crippen LogP contribution in [0.3, 0.4) is 0 Å². The molecular weight excluding hydrogens is 460 g/mol. The van der Waals surface area contributed by atoms with Crippen LogP contribution in [0, 0.1) is 6.92 Å². The van der Waals surface area contributed by atoms with Gasteiger partial charge in [0.25, 0.3) is 5.56 Å². The summed E-state index contributed by atoms with van der Waals surface area (Å²) in [7, 11) is 1.78. The molecule has 1 saturated heterocycles. The van der Waals surface area contributed by atoms with Crippen molar-refractivity contribution < 1.29 is 9.53 Å². The van der Waals surface area contributed by atoms with Crippen molar-refractivity contribution in [1.29, 1.82) is 0 Å². The Morgan fingerprint density at radius 2 is 1.86 bits per heavy atom. The number of thiophene rings is 1. The summed E-state index contributed by atoms with van der Waals surface area (Å²) in [4.78, 5) is 35.6. The third-order valence-corrected chi connectivity index (χ3v) is 7.29. The van der Waals surface area contributed by atoms with Gasteiger partial charge in [-0.15, -0.1) is 11.3 Å². The molecule has 2 aromatic carbocycles. The Balaban J connectivity index is 1.36. The maximum Gasteiger partial charge on any atom is 0.263 e. The Bertz CT molecular complexity index is 1400. The molecule has 1 aliphatic heterocycles. The average Bonchev–Trinajstić information content (AvgIpc) is 3.32. The first-order chi connectivity index (χ1) is 17.0. The lowest BCUT2D eigenvalue weighted by Gasteiger charge is -2.31. The highest BCUT2D eigenvalue weighted by molar-refractivity contribution is 7.17. The molecule has 180 valence electrons. The third-order valence-electron chi connectivity index (χ3n) is 6.41. The largest absolute Gasteiger partial charge is 0.378 e. The summed E-state index contributed by atoms with van der Waals surface area (Å²) in [6, 6.07) is 16.2. The number of hydrogen-bond donors (Lipinski definition) is 0. The minimum Gasteiger partial charge on any atom is -0.378 e. The highest BCUT2D eigenvalue weighted by Gasteiger charge is 2.19. The molecule has 35 heavy (non-hydrogen) atoms. The van der Waals surface area contributed by atoms with Gasteiger partial charge in [0.15, 0.2) is 0 Å². The first-order valence-electron chi connectivity index (χ1n) is 11.7. The second-order valence-corrected chi connectivity index (χ2v) is 9.71. The number of aryl methyl sites for hydroxylation is 1. The van der Waals surface area contributed by atoms with Crippen LogP contribution in [0.2, 0.25) is 0 Å². The van der Waals surface area contributed by atoms with Crippen molar-refractivity contribution in [2.75, 3.05) is 38.3 Å². The van der Waals surface area contributed by atoms with Gasteiger partial charge in [0.1, 0.15) is 11.4 Å². The lowest BCUT2D eigenvalue weighted by Crippen LogP contribution is -2.38. The Morgan fingerprint density at radius 1 is 1.11 bits per heavy atom. The number of rotatable bonds is 6. The zero-order valence-electron chi connectivity index (χ0n) is 19.9. The number of fused-ring (bicyclic) bond motifs is 1. The first-order valence-corrected chi connectivity index (χ1v) is 12.6. The summed E-state index contributed by atoms with van der Waals surface area (Å²) in [5.74, 6) is -0.142. The van der Waals surface area contributed by atoms with E-state index in [2.05, 4.69) is 16.0 Å². The number of likely N-dealkylation sites (N-methyl/N-ethyl adjacent to an activating group) is 1. The third kappa shape index (κ3) is 4.85. The van der Waals surface area contributed by atoms with Gasteiger partial charge in [-0.3, -0.25) is 14.2 Å². The van der Waals surface area contributed by atoms with E-state index in [1.807, 2.05) is 54.8 Å². The maximum absolute atomic E-state index is 13.4. The topological polar surface area (TPSA) is 67.7 Å². The van der Waals surface area contributed by atoms with Crippen LogP contribution in [-0.2, 0) is 22.6 Å². The van der Waals surface area contributed by atoms with E-state index in [0.29, 0.717) is 30.0 Å². The first kappa shape index (κ1) is 23.3. The van der Waals surface area contributed by atoms with Crippen LogP contribution in [0.1, 0.15) is 11.1 Å². The van der Waals surface area contributed by atoms with Crippen molar-refractivity contribution in [3.63, 3.8) is 0 Å². The molecule has 0 radical (unpaired) electrons. The summed E-state index contributed by atoms with van der Waals surface area (Å²) in [5, 5.41) is 2.53. The zero-order valence-corrected chi connectivity index (χ0v) is 20.8. The van der Waals surface area contributed by atoms with E-state index >= 15 is 0 Å². The molecular formula is C27H28N4O3S. The van der Waals surface area contributed by atoms with Gasteiger partial charge in [-0.1, -0.05) is 48.0 Å². The second kappa shape index (κ2) is 10.0. The van der Waals surface area contributed by atoms with Crippen molar-refractivity contribution in [1.82, 2.24) is 14.5 Å². The quantitative estimate of drug-likeness (QED) is 0.411. The van der Waals surface area contributed by atoms with E-state index in [4.69, 9.17) is 4.74 Å². The van der Waals surface area contributed by atoms with Crippen molar-refractivity contribution in [2.24, 2.45) is 0 Å². The van der Waals surface area contributed by atoms with Crippen molar-refractivity contribution in [2.45, 2.75) is 20.0 Å². The molecule has 4 aromatic rings. The second-order valence-electron chi connectivity index (χ2n) is 8.85. The Kier molecular flexibility index (Phi) is 6.66. The number of hydrogen-bond acceptors (Lipinski definition) is 6. The van der Waals surface area contributed by atoms with Gasteiger partial charge in [-0.25, -0.2) is 4.98 Å². The van der Waals surface area contributed by atoms with E-state index in [1.165, 1.54) is 22.2 Å². The predicted molar refractivity (Wildman–Crippen MR) is 140 cm³/mol. The van der Waals surface area contributed by atoms with Gasteiger partial charge in [-0.2, -0.15) is 0 Å². The van der Waals surface area contributed by atoms with Crippen molar-refractivity contribution in [3.05, 3.63) is 81.7 Å². The van der Waals surface area contributed by atoms with E-state index < -0.39 is 0 Å². The van der Waals surface area contributed by atoms with Crippen LogP contribution in [0.5, 0.6) is 0 Å². The Hall–Kier alpha value is -3.49. The number of amides is 1. The van der Waals surface area contributed by atoms with Crippen LogP contribution >= 0.6 is 11.3 Å². The van der Waals surface area contributed by atoms with Gasteiger partial charge in [-0.05, 0) is 24.1 Å². The van der Waals surface area contributed by atoms with Crippen LogP contribution in [0.4, 0.5) is 5.69 Å². The minimum absolute atomic E-state index is 0.0544. The van der Waals surface area contributed by atoms with E-state index in [0.717, 1.165) is 41.0 Å². The van der Waals surface area contributed by atoms with Gasteiger partial charge < -0.3 is 14.5 Å². The zero-order chi connectivity index (χ0) is 24.4. The van der Waals surface area contributed by atoms with E-state index in [1.54, 1.807) is 11.9 Å². The number of morpholine rings is 1. The van der Waals surface area contributed by atoms with Gasteiger partial charge in [0.2, 0.25) is 5.91 Å². The van der Waals surface area contributed by atoms with Crippen molar-refractivity contribution >= 4 is 33.1 Å². The normalized spacial score (nSPS) is 13.8. The molecule has 8 heteroatoms. The smallest absolute Gasteiger partial charge is 0.263 e. The monoisotopic (exact) mass is 488 g/mol. The van der Waals surface area contributed by atoms with Crippen LogP contribution in [-0.4, -0.2) is 53.7 Å². The summed E-state index contributed by atoms with van der Waals surface area (Å²) in [6.07, 6.45) is 1.48. The van der Waals surface area contributed by atoms with E-state index in [9.17, 15) is 9.59 Å². The highest BCUT2D eigenvalue weighted by atomic mass is 32.1. The Morgan fingerprint density at radius 3 is 2.63 bits per heavy atom.